The highest BCUT2D eigenvalue weighted by Crippen LogP contribution is 2.17. The van der Waals surface area contributed by atoms with Crippen LogP contribution < -0.4 is 5.32 Å². The molecule has 2 aromatic heterocycles. The molecule has 0 saturated carbocycles. The molecule has 0 radical (unpaired) electrons. The van der Waals surface area contributed by atoms with Gasteiger partial charge in [-0.05, 0) is 62.2 Å². The van der Waals surface area contributed by atoms with Gasteiger partial charge in [-0.25, -0.2) is 4.98 Å². The number of hydrogen-bond acceptors (Lipinski definition) is 3. The number of hydrogen-bond donors (Lipinski definition) is 1. The quantitative estimate of drug-likeness (QED) is 0.783. The van der Waals surface area contributed by atoms with Gasteiger partial charge < -0.3 is 9.88 Å². The van der Waals surface area contributed by atoms with Gasteiger partial charge in [0.05, 0.1) is 12.0 Å². The third kappa shape index (κ3) is 3.68. The number of carbonyl (C=O) groups excluding carboxylic acids is 1. The van der Waals surface area contributed by atoms with E-state index in [0.717, 1.165) is 28.3 Å². The average molecular weight is 320 g/mol. The van der Waals surface area contributed by atoms with Crippen LogP contribution in [0.2, 0.25) is 0 Å². The van der Waals surface area contributed by atoms with Gasteiger partial charge in [0, 0.05) is 35.9 Å². The highest BCUT2D eigenvalue weighted by Gasteiger charge is 2.06. The molecule has 0 saturated heterocycles. The summed E-state index contributed by atoms with van der Waals surface area (Å²) in [6.07, 6.45) is 6.45. The van der Waals surface area contributed by atoms with Gasteiger partial charge in [-0.1, -0.05) is 0 Å². The van der Waals surface area contributed by atoms with Crippen LogP contribution in [0.5, 0.6) is 0 Å². The molecule has 24 heavy (non-hydrogen) atoms. The lowest BCUT2D eigenvalue weighted by atomic mass is 10.1. The van der Waals surface area contributed by atoms with E-state index in [1.165, 1.54) is 0 Å². The average Bonchev–Trinajstić information content (AvgIpc) is 2.94. The number of aryl methyl sites for hydroxylation is 2. The molecular formula is C19H20N4O. The van der Waals surface area contributed by atoms with Crippen LogP contribution in [0.1, 0.15) is 23.4 Å². The van der Waals surface area contributed by atoms with Crippen molar-refractivity contribution in [3.63, 3.8) is 0 Å². The number of aromatic nitrogens is 3. The van der Waals surface area contributed by atoms with Gasteiger partial charge in [0.2, 0.25) is 5.91 Å². The zero-order valence-corrected chi connectivity index (χ0v) is 13.9. The van der Waals surface area contributed by atoms with Crippen LogP contribution in [0.25, 0.3) is 5.69 Å². The minimum absolute atomic E-state index is 0.00854. The largest absolute Gasteiger partial charge is 0.326 e. The number of rotatable bonds is 5. The first-order valence-electron chi connectivity index (χ1n) is 7.93. The Hall–Kier alpha value is -2.95. The molecule has 0 unspecified atom stereocenters. The lowest BCUT2D eigenvalue weighted by Crippen LogP contribution is -2.12. The number of benzene rings is 1. The van der Waals surface area contributed by atoms with Crippen molar-refractivity contribution in [3.8, 4) is 5.69 Å². The number of amides is 1. The van der Waals surface area contributed by atoms with Crippen molar-refractivity contribution >= 4 is 11.6 Å². The smallest absolute Gasteiger partial charge is 0.224 e. The third-order valence-electron chi connectivity index (χ3n) is 4.07. The molecule has 0 atom stereocenters. The fraction of sp³-hybridized carbons (Fsp3) is 0.211. The van der Waals surface area contributed by atoms with Gasteiger partial charge in [0.25, 0.3) is 0 Å². The minimum atomic E-state index is 0.00854. The summed E-state index contributed by atoms with van der Waals surface area (Å²) in [6, 6.07) is 11.6. The van der Waals surface area contributed by atoms with E-state index in [1.54, 1.807) is 12.4 Å². The normalized spacial score (nSPS) is 10.6. The highest BCUT2D eigenvalue weighted by atomic mass is 16.1. The van der Waals surface area contributed by atoms with E-state index in [-0.39, 0.29) is 5.91 Å². The Morgan fingerprint density at radius 2 is 1.79 bits per heavy atom. The van der Waals surface area contributed by atoms with E-state index in [2.05, 4.69) is 15.3 Å². The zero-order valence-electron chi connectivity index (χ0n) is 13.9. The van der Waals surface area contributed by atoms with E-state index < -0.39 is 0 Å². The Bertz CT molecular complexity index is 822. The van der Waals surface area contributed by atoms with E-state index in [9.17, 15) is 4.79 Å². The second-order valence-corrected chi connectivity index (χ2v) is 5.74. The molecule has 122 valence electrons. The second kappa shape index (κ2) is 7.08. The molecule has 3 rings (SSSR count). The van der Waals surface area contributed by atoms with Gasteiger partial charge in [0.15, 0.2) is 0 Å². The predicted molar refractivity (Wildman–Crippen MR) is 94.2 cm³/mol. The Morgan fingerprint density at radius 3 is 2.42 bits per heavy atom. The monoisotopic (exact) mass is 320 g/mol. The van der Waals surface area contributed by atoms with E-state index in [1.807, 2.05) is 61.1 Å². The molecule has 0 aliphatic carbocycles. The lowest BCUT2D eigenvalue weighted by molar-refractivity contribution is -0.116. The van der Waals surface area contributed by atoms with Gasteiger partial charge in [0.1, 0.15) is 0 Å². The van der Waals surface area contributed by atoms with Crippen LogP contribution in [0.15, 0.2) is 55.1 Å². The van der Waals surface area contributed by atoms with Crippen LogP contribution in [0.4, 0.5) is 5.69 Å². The molecule has 1 aromatic carbocycles. The van der Waals surface area contributed by atoms with Crippen molar-refractivity contribution in [1.82, 2.24) is 14.5 Å². The van der Waals surface area contributed by atoms with Gasteiger partial charge >= 0.3 is 0 Å². The topological polar surface area (TPSA) is 59.8 Å². The summed E-state index contributed by atoms with van der Waals surface area (Å²) in [7, 11) is 0. The Kier molecular flexibility index (Phi) is 4.70. The molecule has 0 aliphatic rings. The first-order valence-corrected chi connectivity index (χ1v) is 7.93. The standard InChI is InChI=1S/C19H20N4O/c1-14-15(2)23(13-21-14)18-6-4-17(5-7-18)22-19(24)8-3-16-9-11-20-12-10-16/h4-7,9-13H,3,8H2,1-2H3,(H,22,24). The molecule has 5 heteroatoms. The number of nitrogens with one attached hydrogen (secondary N) is 1. The van der Waals surface area contributed by atoms with Crippen molar-refractivity contribution in [3.05, 3.63) is 72.1 Å². The maximum Gasteiger partial charge on any atom is 0.224 e. The molecule has 0 fully saturated rings. The molecule has 0 bridgehead atoms. The maximum absolute atomic E-state index is 12.1. The zero-order chi connectivity index (χ0) is 16.9. The second-order valence-electron chi connectivity index (χ2n) is 5.74. The first-order chi connectivity index (χ1) is 11.6. The molecule has 0 spiro atoms. The highest BCUT2D eigenvalue weighted by molar-refractivity contribution is 5.90. The van der Waals surface area contributed by atoms with Crippen molar-refractivity contribution in [2.45, 2.75) is 26.7 Å². The van der Waals surface area contributed by atoms with Gasteiger partial charge in [-0.2, -0.15) is 0 Å². The summed E-state index contributed by atoms with van der Waals surface area (Å²) in [5.41, 5.74) is 5.07. The van der Waals surface area contributed by atoms with Crippen LogP contribution >= 0.6 is 0 Å². The van der Waals surface area contributed by atoms with Crippen molar-refractivity contribution in [1.29, 1.82) is 0 Å². The molecule has 0 aliphatic heterocycles. The van der Waals surface area contributed by atoms with E-state index >= 15 is 0 Å². The number of carbonyl (C=O) groups is 1. The summed E-state index contributed by atoms with van der Waals surface area (Å²) in [5.74, 6) is 0.00854. The summed E-state index contributed by atoms with van der Waals surface area (Å²) in [4.78, 5) is 20.3. The lowest BCUT2D eigenvalue weighted by Gasteiger charge is -2.08. The summed E-state index contributed by atoms with van der Waals surface area (Å²) < 4.78 is 2.03. The molecule has 3 aromatic rings. The maximum atomic E-state index is 12.1. The number of anilines is 1. The van der Waals surface area contributed by atoms with Crippen LogP contribution in [0, 0.1) is 13.8 Å². The number of imidazole rings is 1. The molecule has 1 N–H and O–H groups in total. The Labute approximate surface area is 141 Å². The summed E-state index contributed by atoms with van der Waals surface area (Å²) >= 11 is 0. The molecular weight excluding hydrogens is 300 g/mol. The Balaban J connectivity index is 1.60. The van der Waals surface area contributed by atoms with Crippen molar-refractivity contribution in [2.24, 2.45) is 0 Å². The van der Waals surface area contributed by atoms with Gasteiger partial charge in [-0.15, -0.1) is 0 Å². The third-order valence-corrected chi connectivity index (χ3v) is 4.07. The van der Waals surface area contributed by atoms with E-state index in [4.69, 9.17) is 0 Å². The number of nitrogens with zero attached hydrogens (tertiary/aromatic N) is 3. The Morgan fingerprint density at radius 1 is 1.08 bits per heavy atom. The SMILES string of the molecule is Cc1ncn(-c2ccc(NC(=O)CCc3ccncc3)cc2)c1C. The first kappa shape index (κ1) is 15.9. The van der Waals surface area contributed by atoms with Crippen LogP contribution in [0.3, 0.4) is 0 Å². The summed E-state index contributed by atoms with van der Waals surface area (Å²) in [5, 5.41) is 2.93. The summed E-state index contributed by atoms with van der Waals surface area (Å²) in [6.45, 7) is 4.03. The fourth-order valence-electron chi connectivity index (χ4n) is 2.50. The fourth-order valence-corrected chi connectivity index (χ4v) is 2.50. The van der Waals surface area contributed by atoms with Crippen molar-refractivity contribution < 1.29 is 4.79 Å². The molecule has 2 heterocycles. The van der Waals surface area contributed by atoms with E-state index in [0.29, 0.717) is 12.8 Å². The predicted octanol–water partition coefficient (Wildman–Crippen LogP) is 3.46. The van der Waals surface area contributed by atoms with Crippen LogP contribution in [-0.2, 0) is 11.2 Å². The minimum Gasteiger partial charge on any atom is -0.326 e. The molecule has 1 amide bonds. The number of pyridine rings is 1. The van der Waals surface area contributed by atoms with Gasteiger partial charge in [-0.3, -0.25) is 9.78 Å². The molecule has 5 nitrogen and oxygen atoms in total. The van der Waals surface area contributed by atoms with Crippen molar-refractivity contribution in [2.75, 3.05) is 5.32 Å². The van der Waals surface area contributed by atoms with Crippen LogP contribution in [-0.4, -0.2) is 20.4 Å².